The van der Waals surface area contributed by atoms with Gasteiger partial charge in [0.2, 0.25) is 0 Å². The molecular weight excluding hydrogens is 362 g/mol. The summed E-state index contributed by atoms with van der Waals surface area (Å²) >= 11 is 7.85. The minimum Gasteiger partial charge on any atom is -0.321 e. The van der Waals surface area contributed by atoms with E-state index in [4.69, 9.17) is 11.6 Å². The second-order valence-electron chi connectivity index (χ2n) is 6.01. The number of carbonyl (C=O) groups is 1. The summed E-state index contributed by atoms with van der Waals surface area (Å²) in [6.45, 7) is 0. The Morgan fingerprint density at radius 3 is 2.38 bits per heavy atom. The molecule has 2 nitrogen and oxygen atoms in total. The molecule has 0 aliphatic carbocycles. The molecule has 0 spiro atoms. The molecule has 1 N–H and O–H groups in total. The summed E-state index contributed by atoms with van der Waals surface area (Å²) in [7, 11) is 0. The number of para-hydroxylation sites is 1. The molecule has 0 fully saturated rings. The van der Waals surface area contributed by atoms with Crippen molar-refractivity contribution < 1.29 is 4.79 Å². The van der Waals surface area contributed by atoms with Crippen molar-refractivity contribution >= 4 is 44.6 Å². The molecule has 0 unspecified atom stereocenters. The smallest absolute Gasteiger partial charge is 0.267 e. The van der Waals surface area contributed by atoms with Crippen LogP contribution in [-0.4, -0.2) is 5.91 Å². The summed E-state index contributed by atoms with van der Waals surface area (Å²) in [5.41, 5.74) is 3.09. The van der Waals surface area contributed by atoms with E-state index in [1.807, 2.05) is 66.7 Å². The third-order valence-corrected chi connectivity index (χ3v) is 5.92. The minimum absolute atomic E-state index is 0.170. The van der Waals surface area contributed by atoms with Crippen molar-refractivity contribution in [3.8, 4) is 0 Å². The van der Waals surface area contributed by atoms with Crippen LogP contribution in [0.3, 0.4) is 0 Å². The predicted octanol–water partition coefficient (Wildman–Crippen LogP) is 6.40. The minimum atomic E-state index is -0.170. The molecule has 1 aromatic heterocycles. The van der Waals surface area contributed by atoms with Crippen LogP contribution in [-0.2, 0) is 6.42 Å². The molecule has 0 atom stereocenters. The van der Waals surface area contributed by atoms with Gasteiger partial charge in [-0.05, 0) is 29.7 Å². The Balaban J connectivity index is 1.62. The zero-order chi connectivity index (χ0) is 17.9. The van der Waals surface area contributed by atoms with Crippen molar-refractivity contribution in [3.05, 3.63) is 99.9 Å². The second kappa shape index (κ2) is 7.32. The molecule has 0 saturated carbocycles. The lowest BCUT2D eigenvalue weighted by Gasteiger charge is -2.11. The van der Waals surface area contributed by atoms with Gasteiger partial charge in [-0.2, -0.15) is 0 Å². The molecule has 1 amide bonds. The fourth-order valence-electron chi connectivity index (χ4n) is 2.95. The normalized spacial score (nSPS) is 10.8. The number of benzene rings is 3. The van der Waals surface area contributed by atoms with E-state index in [1.165, 1.54) is 16.9 Å². The van der Waals surface area contributed by atoms with E-state index in [0.717, 1.165) is 27.8 Å². The first-order valence-electron chi connectivity index (χ1n) is 8.32. The maximum Gasteiger partial charge on any atom is 0.267 e. The van der Waals surface area contributed by atoms with Gasteiger partial charge in [0, 0.05) is 15.8 Å². The molecule has 0 bridgehead atoms. The van der Waals surface area contributed by atoms with Crippen molar-refractivity contribution in [1.82, 2.24) is 0 Å². The van der Waals surface area contributed by atoms with Crippen LogP contribution in [0.4, 0.5) is 5.69 Å². The summed E-state index contributed by atoms with van der Waals surface area (Å²) in [6.07, 6.45) is 0.761. The monoisotopic (exact) mass is 377 g/mol. The zero-order valence-electron chi connectivity index (χ0n) is 13.9. The van der Waals surface area contributed by atoms with Crippen molar-refractivity contribution in [1.29, 1.82) is 0 Å². The van der Waals surface area contributed by atoms with E-state index in [1.54, 1.807) is 0 Å². The number of fused-ring (bicyclic) bond motifs is 1. The van der Waals surface area contributed by atoms with Gasteiger partial charge in [0.05, 0.1) is 5.02 Å². The molecule has 0 aliphatic heterocycles. The quantitative estimate of drug-likeness (QED) is 0.438. The number of nitrogens with one attached hydrogen (secondary N) is 1. The van der Waals surface area contributed by atoms with Gasteiger partial charge in [-0.15, -0.1) is 11.3 Å². The Bertz CT molecular complexity index is 1070. The van der Waals surface area contributed by atoms with Gasteiger partial charge in [-0.1, -0.05) is 78.3 Å². The summed E-state index contributed by atoms with van der Waals surface area (Å²) in [5, 5.41) is 4.47. The van der Waals surface area contributed by atoms with Crippen LogP contribution in [0.25, 0.3) is 10.1 Å². The molecule has 3 aromatic carbocycles. The molecule has 1 heterocycles. The first-order valence-corrected chi connectivity index (χ1v) is 9.52. The van der Waals surface area contributed by atoms with Crippen molar-refractivity contribution in [2.75, 3.05) is 5.32 Å². The Morgan fingerprint density at radius 1 is 0.885 bits per heavy atom. The summed E-state index contributed by atoms with van der Waals surface area (Å²) in [5.74, 6) is -0.170. The van der Waals surface area contributed by atoms with Crippen molar-refractivity contribution in [2.45, 2.75) is 6.42 Å². The van der Waals surface area contributed by atoms with Gasteiger partial charge in [0.25, 0.3) is 5.91 Å². The van der Waals surface area contributed by atoms with Crippen LogP contribution in [0, 0.1) is 0 Å². The number of thiophene rings is 1. The zero-order valence-corrected chi connectivity index (χ0v) is 15.5. The number of hydrogen-bond acceptors (Lipinski definition) is 2. The molecule has 4 aromatic rings. The lowest BCUT2D eigenvalue weighted by atomic mass is 10.0. The summed E-state index contributed by atoms with van der Waals surface area (Å²) in [4.78, 5) is 13.4. The van der Waals surface area contributed by atoms with Crippen LogP contribution in [0.2, 0.25) is 5.02 Å². The van der Waals surface area contributed by atoms with Gasteiger partial charge in [-0.25, -0.2) is 0 Å². The molecule has 0 saturated heterocycles. The third kappa shape index (κ3) is 3.36. The highest BCUT2D eigenvalue weighted by Gasteiger charge is 2.18. The molecule has 0 radical (unpaired) electrons. The van der Waals surface area contributed by atoms with Crippen molar-refractivity contribution in [2.24, 2.45) is 0 Å². The SMILES string of the molecule is O=C(Nc1ccccc1Cc1ccccc1)c1sc2ccccc2c1Cl. The second-order valence-corrected chi connectivity index (χ2v) is 7.45. The Hall–Kier alpha value is -2.62. The fraction of sp³-hybridized carbons (Fsp3) is 0.0455. The van der Waals surface area contributed by atoms with E-state index in [2.05, 4.69) is 17.4 Å². The lowest BCUT2D eigenvalue weighted by Crippen LogP contribution is -2.12. The summed E-state index contributed by atoms with van der Waals surface area (Å²) < 4.78 is 1.01. The number of amides is 1. The number of rotatable bonds is 4. The molecule has 26 heavy (non-hydrogen) atoms. The van der Waals surface area contributed by atoms with Gasteiger partial charge >= 0.3 is 0 Å². The molecule has 4 rings (SSSR count). The van der Waals surface area contributed by atoms with E-state index in [-0.39, 0.29) is 5.91 Å². The number of anilines is 1. The van der Waals surface area contributed by atoms with Gasteiger partial charge in [0.1, 0.15) is 4.88 Å². The molecule has 4 heteroatoms. The van der Waals surface area contributed by atoms with E-state index in [0.29, 0.717) is 9.90 Å². The fourth-order valence-corrected chi connectivity index (χ4v) is 4.36. The first-order chi connectivity index (χ1) is 12.7. The average molecular weight is 378 g/mol. The number of hydrogen-bond donors (Lipinski definition) is 1. The Morgan fingerprint density at radius 2 is 1.58 bits per heavy atom. The highest BCUT2D eigenvalue weighted by Crippen LogP contribution is 2.35. The first kappa shape index (κ1) is 16.8. The molecular formula is C22H16ClNOS. The maximum absolute atomic E-state index is 12.8. The maximum atomic E-state index is 12.8. The van der Waals surface area contributed by atoms with E-state index in [9.17, 15) is 4.79 Å². The third-order valence-electron chi connectivity index (χ3n) is 4.24. The predicted molar refractivity (Wildman–Crippen MR) is 110 cm³/mol. The van der Waals surface area contributed by atoms with Crippen molar-refractivity contribution in [3.63, 3.8) is 0 Å². The lowest BCUT2D eigenvalue weighted by molar-refractivity contribution is 0.103. The van der Waals surface area contributed by atoms with Crippen LogP contribution < -0.4 is 5.32 Å². The number of carbonyl (C=O) groups excluding carboxylic acids is 1. The molecule has 128 valence electrons. The summed E-state index contributed by atoms with van der Waals surface area (Å²) in [6, 6.07) is 25.9. The van der Waals surface area contributed by atoms with Gasteiger partial charge < -0.3 is 5.32 Å². The Labute approximate surface area is 161 Å². The topological polar surface area (TPSA) is 29.1 Å². The average Bonchev–Trinajstić information content (AvgIpc) is 3.01. The van der Waals surface area contributed by atoms with Gasteiger partial charge in [-0.3, -0.25) is 4.79 Å². The van der Waals surface area contributed by atoms with Crippen LogP contribution >= 0.6 is 22.9 Å². The van der Waals surface area contributed by atoms with Crippen LogP contribution in [0.1, 0.15) is 20.8 Å². The van der Waals surface area contributed by atoms with E-state index < -0.39 is 0 Å². The highest BCUT2D eigenvalue weighted by molar-refractivity contribution is 7.21. The molecule has 0 aliphatic rings. The number of halogens is 1. The standard InChI is InChI=1S/C22H16ClNOS/c23-20-17-11-5-7-13-19(17)26-21(20)22(25)24-18-12-6-4-10-16(18)14-15-8-2-1-3-9-15/h1-13H,14H2,(H,24,25). The van der Waals surface area contributed by atoms with E-state index >= 15 is 0 Å². The highest BCUT2D eigenvalue weighted by atomic mass is 35.5. The van der Waals surface area contributed by atoms with Crippen LogP contribution in [0.15, 0.2) is 78.9 Å². The Kier molecular flexibility index (Phi) is 4.74. The van der Waals surface area contributed by atoms with Crippen LogP contribution in [0.5, 0.6) is 0 Å². The van der Waals surface area contributed by atoms with Gasteiger partial charge in [0.15, 0.2) is 0 Å². The largest absolute Gasteiger partial charge is 0.321 e.